The Bertz CT molecular complexity index is 1830. The number of allylic oxidation sites excluding steroid dienone is 4. The van der Waals surface area contributed by atoms with Gasteiger partial charge in [-0.05, 0) is 43.6 Å². The van der Waals surface area contributed by atoms with Crippen LogP contribution in [0.15, 0.2) is 114 Å². The third-order valence-corrected chi connectivity index (χ3v) is 10.5. The Balaban J connectivity index is 0.000000292. The maximum absolute atomic E-state index is 2.45. The number of rotatable bonds is 3. The molecule has 3 heteroatoms. The van der Waals surface area contributed by atoms with Crippen LogP contribution < -0.4 is 24.8 Å². The SMILES string of the molecule is CC1=C(C)C(C)=C(c2c(C(C)(C)C)ccc3c2[cH-]c2cc(C(C)(C)C)ccc23)C1.[Cl-].[Cl-].[Zr+2]=[C](c1ccccc1)c1ccccc1. The molecule has 5 aromatic carbocycles. The van der Waals surface area contributed by atoms with Crippen molar-refractivity contribution in [1.82, 2.24) is 0 Å². The molecule has 0 amide bonds. The summed E-state index contributed by atoms with van der Waals surface area (Å²) in [6.07, 6.45) is 1.08. The standard InChI is InChI=1S/C29H35.C13H10.2ClH.Zr/c1-17-14-24(19(3)18(17)2)27-25-16-20-15-21(28(4,5)6)10-11-22(20)23(25)12-13-26(27)29(7,8)9;1-3-7-12(8-4-1)11-13-9-5-2-6-10-13;;;/h10-13,15-16H,14H2,1-9H3;1-10H;2*1H;/q-1;;;;+2/p-2. The van der Waals surface area contributed by atoms with Gasteiger partial charge >= 0.3 is 99.2 Å². The maximum atomic E-state index is 2.45. The van der Waals surface area contributed by atoms with E-state index in [4.69, 9.17) is 0 Å². The molecule has 232 valence electrons. The quantitative estimate of drug-likeness (QED) is 0.213. The van der Waals surface area contributed by atoms with Gasteiger partial charge in [-0.3, -0.25) is 0 Å². The van der Waals surface area contributed by atoms with E-state index in [0.717, 1.165) is 6.42 Å². The van der Waals surface area contributed by atoms with Gasteiger partial charge in [-0.15, -0.1) is 33.7 Å². The van der Waals surface area contributed by atoms with E-state index in [9.17, 15) is 0 Å². The average Bonchev–Trinajstić information content (AvgIpc) is 3.48. The number of hydrogen-bond acceptors (Lipinski definition) is 0. The van der Waals surface area contributed by atoms with Crippen LogP contribution in [0.2, 0.25) is 0 Å². The first-order chi connectivity index (χ1) is 20.3. The zero-order chi connectivity index (χ0) is 31.1. The van der Waals surface area contributed by atoms with Crippen LogP contribution in [0.1, 0.15) is 96.6 Å². The van der Waals surface area contributed by atoms with Crippen LogP contribution >= 0.6 is 0 Å². The van der Waals surface area contributed by atoms with E-state index in [0.29, 0.717) is 0 Å². The molecule has 0 radical (unpaired) electrons. The van der Waals surface area contributed by atoms with Crippen molar-refractivity contribution in [2.24, 2.45) is 0 Å². The second-order valence-corrected chi connectivity index (χ2v) is 15.4. The van der Waals surface area contributed by atoms with E-state index < -0.39 is 0 Å². The van der Waals surface area contributed by atoms with Gasteiger partial charge in [0.05, 0.1) is 0 Å². The summed E-state index contributed by atoms with van der Waals surface area (Å²) in [5.74, 6) is 0. The summed E-state index contributed by atoms with van der Waals surface area (Å²) in [4.78, 5) is 0. The monoisotopic (exact) mass is 709 g/mol. The Labute approximate surface area is 298 Å². The van der Waals surface area contributed by atoms with Crippen molar-refractivity contribution in [2.45, 2.75) is 79.6 Å². The van der Waals surface area contributed by atoms with Crippen LogP contribution in [0.5, 0.6) is 0 Å². The Morgan fingerprint density at radius 1 is 0.644 bits per heavy atom. The minimum atomic E-state index is 0. The first-order valence-electron chi connectivity index (χ1n) is 15.5. The Hall–Kier alpha value is -2.44. The molecule has 0 saturated heterocycles. The molecule has 0 atom stereocenters. The second kappa shape index (κ2) is 14.5. The summed E-state index contributed by atoms with van der Waals surface area (Å²) in [6.45, 7) is 20.8. The van der Waals surface area contributed by atoms with E-state index in [1.165, 1.54) is 99.1 Å². The molecule has 1 aliphatic rings. The summed E-state index contributed by atoms with van der Waals surface area (Å²) in [7, 11) is 0. The van der Waals surface area contributed by atoms with Gasteiger partial charge in [-0.2, -0.15) is 0 Å². The van der Waals surface area contributed by atoms with Crippen molar-refractivity contribution in [3.8, 4) is 0 Å². The van der Waals surface area contributed by atoms with Crippen molar-refractivity contribution in [1.29, 1.82) is 0 Å². The molecule has 6 rings (SSSR count). The van der Waals surface area contributed by atoms with Gasteiger partial charge in [0.15, 0.2) is 0 Å². The molecular formula is C42H45Cl2Zr-. The van der Waals surface area contributed by atoms with Crippen molar-refractivity contribution < 1.29 is 49.0 Å². The van der Waals surface area contributed by atoms with Gasteiger partial charge in [-0.25, -0.2) is 0 Å². The fraction of sp³-hybridized carbons (Fsp3) is 0.286. The Morgan fingerprint density at radius 2 is 1.18 bits per heavy atom. The summed E-state index contributed by atoms with van der Waals surface area (Å²) < 4.78 is 1.42. The van der Waals surface area contributed by atoms with Gasteiger partial charge in [0.25, 0.3) is 0 Å². The molecule has 0 heterocycles. The molecule has 0 fully saturated rings. The Kier molecular flexibility index (Phi) is 12.0. The summed E-state index contributed by atoms with van der Waals surface area (Å²) >= 11 is 1.46. The van der Waals surface area contributed by atoms with Crippen LogP contribution in [-0.2, 0) is 35.1 Å². The fourth-order valence-corrected chi connectivity index (χ4v) is 7.05. The van der Waals surface area contributed by atoms with Gasteiger partial charge in [0, 0.05) is 0 Å². The van der Waals surface area contributed by atoms with Gasteiger partial charge in [0.2, 0.25) is 0 Å². The summed E-state index contributed by atoms with van der Waals surface area (Å²) in [6, 6.07) is 35.4. The molecule has 0 saturated carbocycles. The normalized spacial score (nSPS) is 13.4. The van der Waals surface area contributed by atoms with Crippen LogP contribution in [-0.4, -0.2) is 3.21 Å². The molecule has 0 aromatic heterocycles. The van der Waals surface area contributed by atoms with Gasteiger partial charge in [0.1, 0.15) is 0 Å². The molecule has 0 N–H and O–H groups in total. The Morgan fingerprint density at radius 3 is 1.64 bits per heavy atom. The number of hydrogen-bond donors (Lipinski definition) is 0. The van der Waals surface area contributed by atoms with Gasteiger partial charge in [-0.1, -0.05) is 99.2 Å². The van der Waals surface area contributed by atoms with Crippen LogP contribution in [0, 0.1) is 0 Å². The summed E-state index contributed by atoms with van der Waals surface area (Å²) in [5.41, 5.74) is 13.3. The molecule has 0 bridgehead atoms. The van der Waals surface area contributed by atoms with Crippen LogP contribution in [0.4, 0.5) is 0 Å². The van der Waals surface area contributed by atoms with E-state index in [1.807, 2.05) is 0 Å². The van der Waals surface area contributed by atoms with Crippen molar-refractivity contribution in [3.63, 3.8) is 0 Å². The third-order valence-electron chi connectivity index (χ3n) is 9.09. The van der Waals surface area contributed by atoms with E-state index >= 15 is 0 Å². The second-order valence-electron chi connectivity index (χ2n) is 14.2. The average molecular weight is 712 g/mol. The first-order valence-corrected chi connectivity index (χ1v) is 16.7. The topological polar surface area (TPSA) is 0 Å². The number of fused-ring (bicyclic) bond motifs is 3. The molecule has 0 spiro atoms. The zero-order valence-electron chi connectivity index (χ0n) is 28.2. The zero-order valence-corrected chi connectivity index (χ0v) is 32.2. The van der Waals surface area contributed by atoms with Gasteiger partial charge < -0.3 is 24.8 Å². The van der Waals surface area contributed by atoms with E-state index in [-0.39, 0.29) is 35.6 Å². The van der Waals surface area contributed by atoms with Crippen molar-refractivity contribution in [2.75, 3.05) is 0 Å². The van der Waals surface area contributed by atoms with Crippen molar-refractivity contribution >= 4 is 30.3 Å². The number of benzene rings is 4. The molecule has 0 nitrogen and oxygen atoms in total. The predicted octanol–water partition coefficient (Wildman–Crippen LogP) is 5.63. The minimum absolute atomic E-state index is 0. The molecule has 1 aliphatic carbocycles. The van der Waals surface area contributed by atoms with Crippen molar-refractivity contribution in [3.05, 3.63) is 142 Å². The first kappa shape index (κ1) is 37.0. The van der Waals surface area contributed by atoms with Crippen LogP contribution in [0.3, 0.4) is 0 Å². The summed E-state index contributed by atoms with van der Waals surface area (Å²) in [5, 5.41) is 5.58. The third kappa shape index (κ3) is 7.76. The molecule has 5 aromatic rings. The van der Waals surface area contributed by atoms with E-state index in [2.05, 4.69) is 159 Å². The molecule has 0 unspecified atom stereocenters. The van der Waals surface area contributed by atoms with Crippen LogP contribution in [0.25, 0.3) is 27.1 Å². The fourth-order valence-electron chi connectivity index (χ4n) is 6.23. The number of halogens is 2. The molecule has 45 heavy (non-hydrogen) atoms. The predicted molar refractivity (Wildman–Crippen MR) is 186 cm³/mol. The molecular weight excluding hydrogens is 667 g/mol. The van der Waals surface area contributed by atoms with E-state index in [1.54, 1.807) is 0 Å². The molecule has 0 aliphatic heterocycles.